The number of carbonyl (C=O) groups is 5. The van der Waals surface area contributed by atoms with E-state index in [-0.39, 0.29) is 18.3 Å². The van der Waals surface area contributed by atoms with Crippen LogP contribution in [-0.4, -0.2) is 80.8 Å². The monoisotopic (exact) mass is 671 g/mol. The van der Waals surface area contributed by atoms with Crippen molar-refractivity contribution in [3.05, 3.63) is 23.5 Å². The summed E-state index contributed by atoms with van der Waals surface area (Å²) >= 11 is 0. The Kier molecular flexibility index (Phi) is 9.26. The molecule has 4 fully saturated rings. The highest BCUT2D eigenvalue weighted by Crippen LogP contribution is 2.67. The highest BCUT2D eigenvalue weighted by Gasteiger charge is 2.64. The normalized spacial score (nSPS) is 38.8. The van der Waals surface area contributed by atoms with Gasteiger partial charge in [-0.05, 0) is 74.7 Å². The molecule has 1 aromatic heterocycles. The Morgan fingerprint density at radius 3 is 2.27 bits per heavy atom. The highest BCUT2D eigenvalue weighted by atomic mass is 16.7. The number of aliphatic hydroxyl groups is 1. The predicted octanol–water partition coefficient (Wildman–Crippen LogP) is 2.86. The molecule has 4 aliphatic carbocycles. The summed E-state index contributed by atoms with van der Waals surface area (Å²) in [5.41, 5.74) is -0.143. The van der Waals surface area contributed by atoms with E-state index in [2.05, 4.69) is 17.2 Å². The lowest BCUT2D eigenvalue weighted by Gasteiger charge is -2.55. The Bertz CT molecular complexity index is 1510. The molecule has 262 valence electrons. The van der Waals surface area contributed by atoms with Crippen LogP contribution in [0.25, 0.3) is 0 Å². The minimum absolute atomic E-state index is 0.232. The Balaban J connectivity index is 1.31. The lowest BCUT2D eigenvalue weighted by atomic mass is 9.50. The molecule has 0 spiro atoms. The molecule has 0 amide bonds. The molecule has 0 radical (unpaired) electrons. The fraction of sp³-hybridized carbons (Fsp3) is 0.735. The molecular formula is C34H45N3O11. The molecule has 1 aromatic rings. The number of nitrogens with zero attached hydrogens (tertiary/aromatic N) is 3. The van der Waals surface area contributed by atoms with Crippen LogP contribution in [-0.2, 0) is 53.3 Å². The molecule has 14 heteroatoms. The zero-order valence-corrected chi connectivity index (χ0v) is 28.1. The van der Waals surface area contributed by atoms with Gasteiger partial charge in [0.1, 0.15) is 24.0 Å². The van der Waals surface area contributed by atoms with Gasteiger partial charge in [-0.1, -0.05) is 17.7 Å². The van der Waals surface area contributed by atoms with E-state index in [1.807, 2.05) is 6.08 Å². The van der Waals surface area contributed by atoms with Crippen molar-refractivity contribution in [3.63, 3.8) is 0 Å². The number of aromatic nitrogens is 3. The minimum atomic E-state index is -1.35. The van der Waals surface area contributed by atoms with E-state index in [9.17, 15) is 29.1 Å². The molecule has 1 aliphatic heterocycles. The van der Waals surface area contributed by atoms with Gasteiger partial charge in [-0.3, -0.25) is 24.0 Å². The van der Waals surface area contributed by atoms with Crippen molar-refractivity contribution < 1.29 is 52.8 Å². The van der Waals surface area contributed by atoms with E-state index in [0.717, 1.165) is 52.4 Å². The summed E-state index contributed by atoms with van der Waals surface area (Å²) in [7, 11) is 0. The maximum atomic E-state index is 12.5. The molecule has 3 saturated carbocycles. The van der Waals surface area contributed by atoms with Gasteiger partial charge in [0.25, 0.3) is 0 Å². The van der Waals surface area contributed by atoms with Crippen LogP contribution >= 0.6 is 0 Å². The number of rotatable bonds is 7. The number of hydrogen-bond acceptors (Lipinski definition) is 13. The minimum Gasteiger partial charge on any atom is -0.463 e. The van der Waals surface area contributed by atoms with E-state index < -0.39 is 65.5 Å². The van der Waals surface area contributed by atoms with Crippen LogP contribution in [0.1, 0.15) is 97.9 Å². The van der Waals surface area contributed by atoms with Crippen molar-refractivity contribution in [1.29, 1.82) is 0 Å². The van der Waals surface area contributed by atoms with Crippen LogP contribution in [0.3, 0.4) is 0 Å². The van der Waals surface area contributed by atoms with Crippen molar-refractivity contribution >= 4 is 29.7 Å². The first-order chi connectivity index (χ1) is 22.7. The molecule has 6 rings (SSSR count). The van der Waals surface area contributed by atoms with Crippen molar-refractivity contribution in [3.8, 4) is 0 Å². The number of fused-ring (bicyclic) bond motifs is 5. The maximum absolute atomic E-state index is 12.5. The van der Waals surface area contributed by atoms with Crippen LogP contribution in [0.15, 0.2) is 17.8 Å². The first kappa shape index (κ1) is 34.2. The van der Waals surface area contributed by atoms with Crippen LogP contribution < -0.4 is 0 Å². The summed E-state index contributed by atoms with van der Waals surface area (Å²) < 4.78 is 29.4. The number of carbonyl (C=O) groups excluding carboxylic acids is 5. The van der Waals surface area contributed by atoms with Gasteiger partial charge >= 0.3 is 23.9 Å². The molecule has 1 N–H and O–H groups in total. The molecule has 2 heterocycles. The van der Waals surface area contributed by atoms with Crippen LogP contribution in [0.5, 0.6) is 0 Å². The van der Waals surface area contributed by atoms with Crippen LogP contribution in [0.2, 0.25) is 0 Å². The number of esters is 4. The standard InChI is InChI=1S/C34H45N3O11/c1-17(38)44-16-27-29(45-18(2)39)30(46-19(3)40)31(47-20(4)41)32(48-27)37-15-28(35-36-37)34(43)13-11-26-25-8-6-21-14-22(42)7-9-23(21)24(25)10-12-33(26,34)5/h14-15,23-27,29-32,43H,6-13,16H2,1-5H3/t23-,24+,25+,26-,27+,29-,30-,31+,32+,33-,34+/m0/s1. The summed E-state index contributed by atoms with van der Waals surface area (Å²) in [6.45, 7) is 6.48. The van der Waals surface area contributed by atoms with Crippen molar-refractivity contribution in [1.82, 2.24) is 15.0 Å². The van der Waals surface area contributed by atoms with E-state index in [1.54, 1.807) is 6.20 Å². The lowest BCUT2D eigenvalue weighted by Crippen LogP contribution is -2.60. The highest BCUT2D eigenvalue weighted by molar-refractivity contribution is 5.91. The number of hydrogen-bond donors (Lipinski definition) is 1. The van der Waals surface area contributed by atoms with Gasteiger partial charge in [0.2, 0.25) is 0 Å². The Morgan fingerprint density at radius 2 is 1.58 bits per heavy atom. The van der Waals surface area contributed by atoms with Crippen molar-refractivity contribution in [2.45, 2.75) is 122 Å². The summed E-state index contributed by atoms with van der Waals surface area (Å²) in [5, 5.41) is 21.3. The molecule has 1 saturated heterocycles. The topological polar surface area (TPSA) is 182 Å². The third-order valence-corrected chi connectivity index (χ3v) is 11.6. The summed E-state index contributed by atoms with van der Waals surface area (Å²) in [6.07, 6.45) is 3.53. The lowest BCUT2D eigenvalue weighted by molar-refractivity contribution is -0.270. The Morgan fingerprint density at radius 1 is 0.896 bits per heavy atom. The van der Waals surface area contributed by atoms with Gasteiger partial charge < -0.3 is 28.8 Å². The smallest absolute Gasteiger partial charge is 0.303 e. The average molecular weight is 672 g/mol. The third-order valence-electron chi connectivity index (χ3n) is 11.6. The predicted molar refractivity (Wildman–Crippen MR) is 163 cm³/mol. The second-order valence-corrected chi connectivity index (χ2v) is 14.3. The largest absolute Gasteiger partial charge is 0.463 e. The summed E-state index contributed by atoms with van der Waals surface area (Å²) in [6, 6.07) is 0. The number of allylic oxidation sites excluding steroid dienone is 1. The number of ketones is 1. The molecule has 0 aromatic carbocycles. The fourth-order valence-electron chi connectivity index (χ4n) is 9.63. The molecular weight excluding hydrogens is 626 g/mol. The first-order valence-electron chi connectivity index (χ1n) is 16.9. The molecule has 0 unspecified atom stereocenters. The Labute approximate surface area is 278 Å². The van der Waals surface area contributed by atoms with Crippen molar-refractivity contribution in [2.24, 2.45) is 29.1 Å². The quantitative estimate of drug-likeness (QED) is 0.330. The van der Waals surface area contributed by atoms with Crippen LogP contribution in [0, 0.1) is 29.1 Å². The fourth-order valence-corrected chi connectivity index (χ4v) is 9.63. The van der Waals surface area contributed by atoms with Gasteiger partial charge in [0.15, 0.2) is 30.3 Å². The molecule has 0 bridgehead atoms. The summed E-state index contributed by atoms with van der Waals surface area (Å²) in [5.74, 6) is -0.945. The van der Waals surface area contributed by atoms with Crippen molar-refractivity contribution in [2.75, 3.05) is 6.61 Å². The zero-order valence-electron chi connectivity index (χ0n) is 28.1. The molecule has 5 aliphatic rings. The van der Waals surface area contributed by atoms with E-state index in [4.69, 9.17) is 23.7 Å². The average Bonchev–Trinajstić information content (AvgIpc) is 3.61. The third kappa shape index (κ3) is 6.06. The SMILES string of the molecule is CC(=O)OC[C@H]1O[C@@H](n2cc([C@]3(O)CC[C@H]4[C@@H]5CCC6=CC(=O)CC[C@@H]6[C@H]5CC[C@@]43C)nn2)[C@H](OC(C)=O)[C@@H](OC(C)=O)[C@H]1OC(C)=O. The van der Waals surface area contributed by atoms with E-state index >= 15 is 0 Å². The van der Waals surface area contributed by atoms with E-state index in [0.29, 0.717) is 36.3 Å². The molecule has 11 atom stereocenters. The van der Waals surface area contributed by atoms with Gasteiger partial charge in [-0.15, -0.1) is 5.10 Å². The molecule has 14 nitrogen and oxygen atoms in total. The van der Waals surface area contributed by atoms with Gasteiger partial charge in [0, 0.05) is 39.5 Å². The second kappa shape index (κ2) is 13.0. The van der Waals surface area contributed by atoms with Gasteiger partial charge in [0.05, 0.1) is 6.20 Å². The van der Waals surface area contributed by atoms with Crippen LogP contribution in [0.4, 0.5) is 0 Å². The summed E-state index contributed by atoms with van der Waals surface area (Å²) in [4.78, 5) is 60.5. The van der Waals surface area contributed by atoms with Gasteiger partial charge in [-0.25, -0.2) is 4.68 Å². The second-order valence-electron chi connectivity index (χ2n) is 14.3. The molecule has 48 heavy (non-hydrogen) atoms. The zero-order chi connectivity index (χ0) is 34.5. The van der Waals surface area contributed by atoms with E-state index in [1.165, 1.54) is 24.1 Å². The Hall–Kier alpha value is -3.65. The maximum Gasteiger partial charge on any atom is 0.303 e. The first-order valence-corrected chi connectivity index (χ1v) is 16.9. The van der Waals surface area contributed by atoms with Gasteiger partial charge in [-0.2, -0.15) is 0 Å². The number of ether oxygens (including phenoxy) is 5.